The molecule has 7 heteroatoms. The number of anilines is 1. The highest BCUT2D eigenvalue weighted by atomic mass is 35.5. The van der Waals surface area contributed by atoms with Gasteiger partial charge in [0.15, 0.2) is 0 Å². The number of thioether (sulfide) groups is 1. The largest absolute Gasteiger partial charge is 0.468 e. The fourth-order valence-corrected chi connectivity index (χ4v) is 4.30. The Morgan fingerprint density at radius 1 is 0.929 bits per heavy atom. The molecule has 0 unspecified atom stereocenters. The van der Waals surface area contributed by atoms with E-state index >= 15 is 0 Å². The monoisotopic (exact) mass is 429 g/mol. The van der Waals surface area contributed by atoms with Crippen molar-refractivity contribution in [1.82, 2.24) is 0 Å². The quantitative estimate of drug-likeness (QED) is 0.480. The number of nitrogens with zero attached hydrogens (tertiary/aromatic N) is 1. The van der Waals surface area contributed by atoms with E-state index < -0.39 is 11.8 Å². The van der Waals surface area contributed by atoms with E-state index in [0.29, 0.717) is 32.6 Å². The van der Waals surface area contributed by atoms with Crippen LogP contribution in [0.4, 0.5) is 5.69 Å². The Kier molecular flexibility index (Phi) is 5.31. The molecule has 1 aromatic heterocycles. The van der Waals surface area contributed by atoms with Crippen molar-refractivity contribution in [3.8, 4) is 0 Å². The number of hydrogen-bond acceptors (Lipinski definition) is 4. The van der Waals surface area contributed by atoms with Gasteiger partial charge in [-0.2, -0.15) is 0 Å². The zero-order valence-electron chi connectivity index (χ0n) is 14.4. The second kappa shape index (κ2) is 7.87. The van der Waals surface area contributed by atoms with E-state index in [9.17, 15) is 9.59 Å². The number of imide groups is 1. The molecule has 0 fully saturated rings. The summed E-state index contributed by atoms with van der Waals surface area (Å²) in [4.78, 5) is 27.9. The zero-order chi connectivity index (χ0) is 19.7. The molecule has 2 aromatic carbocycles. The van der Waals surface area contributed by atoms with E-state index in [1.807, 2.05) is 24.3 Å². The van der Waals surface area contributed by atoms with Crippen LogP contribution in [0.1, 0.15) is 11.3 Å². The van der Waals surface area contributed by atoms with Crippen LogP contribution in [0, 0.1) is 0 Å². The van der Waals surface area contributed by atoms with Gasteiger partial charge in [0.1, 0.15) is 5.76 Å². The third-order valence-corrected chi connectivity index (χ3v) is 5.84. The molecular formula is C21H13Cl2NO3S. The second-order valence-corrected chi connectivity index (χ2v) is 7.81. The molecular weight excluding hydrogens is 417 g/mol. The number of halogens is 2. The van der Waals surface area contributed by atoms with Crippen LogP contribution in [0.25, 0.3) is 5.57 Å². The number of amides is 2. The van der Waals surface area contributed by atoms with Crippen LogP contribution in [0.2, 0.25) is 10.0 Å². The lowest BCUT2D eigenvalue weighted by Crippen LogP contribution is -2.31. The van der Waals surface area contributed by atoms with E-state index in [4.69, 9.17) is 27.6 Å². The van der Waals surface area contributed by atoms with Crippen molar-refractivity contribution in [3.05, 3.63) is 93.2 Å². The van der Waals surface area contributed by atoms with Crippen LogP contribution in [-0.2, 0) is 15.3 Å². The van der Waals surface area contributed by atoms with Crippen LogP contribution >= 0.6 is 35.0 Å². The first-order valence-electron chi connectivity index (χ1n) is 8.35. The molecule has 0 atom stereocenters. The maximum absolute atomic E-state index is 13.3. The molecule has 1 aliphatic heterocycles. The topological polar surface area (TPSA) is 50.5 Å². The third kappa shape index (κ3) is 3.49. The van der Waals surface area contributed by atoms with Crippen molar-refractivity contribution < 1.29 is 14.0 Å². The maximum Gasteiger partial charge on any atom is 0.272 e. The molecule has 4 rings (SSSR count). The van der Waals surface area contributed by atoms with Crippen molar-refractivity contribution >= 4 is 58.0 Å². The number of furan rings is 1. The van der Waals surface area contributed by atoms with Gasteiger partial charge in [0, 0.05) is 5.02 Å². The molecule has 3 aromatic rings. The molecule has 28 heavy (non-hydrogen) atoms. The minimum atomic E-state index is -0.428. The van der Waals surface area contributed by atoms with Gasteiger partial charge in [0.25, 0.3) is 11.8 Å². The highest BCUT2D eigenvalue weighted by molar-refractivity contribution is 8.03. The molecule has 4 nitrogen and oxygen atoms in total. The SMILES string of the molecule is O=C1C(SCc2ccco2)=C(c2ccccc2)C(=O)N1c1cc(Cl)ccc1Cl. The molecule has 2 heterocycles. The first-order valence-corrected chi connectivity index (χ1v) is 10.1. The summed E-state index contributed by atoms with van der Waals surface area (Å²) in [5, 5.41) is 0.661. The Balaban J connectivity index is 1.78. The lowest BCUT2D eigenvalue weighted by atomic mass is 10.1. The second-order valence-electron chi connectivity index (χ2n) is 5.98. The minimum absolute atomic E-state index is 0.270. The average molecular weight is 430 g/mol. The molecule has 0 saturated heterocycles. The number of hydrogen-bond donors (Lipinski definition) is 0. The molecule has 0 N–H and O–H groups in total. The Morgan fingerprint density at radius 2 is 1.71 bits per heavy atom. The maximum atomic E-state index is 13.3. The summed E-state index contributed by atoms with van der Waals surface area (Å²) >= 11 is 13.6. The highest BCUT2D eigenvalue weighted by Gasteiger charge is 2.41. The summed E-state index contributed by atoms with van der Waals surface area (Å²) < 4.78 is 5.35. The number of rotatable bonds is 5. The van der Waals surface area contributed by atoms with Gasteiger partial charge in [-0.1, -0.05) is 53.5 Å². The van der Waals surface area contributed by atoms with E-state index in [-0.39, 0.29) is 10.7 Å². The predicted octanol–water partition coefficient (Wildman–Crippen LogP) is 5.80. The third-order valence-electron chi connectivity index (χ3n) is 4.19. The van der Waals surface area contributed by atoms with E-state index in [0.717, 1.165) is 4.90 Å². The molecule has 0 spiro atoms. The molecule has 1 aliphatic rings. The van der Waals surface area contributed by atoms with Gasteiger partial charge in [0.2, 0.25) is 0 Å². The standard InChI is InChI=1S/C21H13Cl2NO3S/c22-14-8-9-16(23)17(11-14)24-20(25)18(13-5-2-1-3-6-13)19(21(24)26)28-12-15-7-4-10-27-15/h1-11H,12H2. The van der Waals surface area contributed by atoms with Crippen LogP contribution in [-0.4, -0.2) is 11.8 Å². The zero-order valence-corrected chi connectivity index (χ0v) is 16.7. The Hall–Kier alpha value is -2.47. The van der Waals surface area contributed by atoms with Crippen molar-refractivity contribution in [3.63, 3.8) is 0 Å². The van der Waals surface area contributed by atoms with Crippen molar-refractivity contribution in [1.29, 1.82) is 0 Å². The van der Waals surface area contributed by atoms with Crippen molar-refractivity contribution in [2.75, 3.05) is 4.90 Å². The van der Waals surface area contributed by atoms with Gasteiger partial charge in [0.05, 0.1) is 33.2 Å². The summed E-state index contributed by atoms with van der Waals surface area (Å²) in [6.45, 7) is 0. The van der Waals surface area contributed by atoms with E-state index in [2.05, 4.69) is 0 Å². The first kappa shape index (κ1) is 18.9. The van der Waals surface area contributed by atoms with Crippen molar-refractivity contribution in [2.45, 2.75) is 5.75 Å². The normalized spacial score (nSPS) is 14.3. The summed E-state index contributed by atoms with van der Waals surface area (Å²) in [7, 11) is 0. The fraction of sp³-hybridized carbons (Fsp3) is 0.0476. The van der Waals surface area contributed by atoms with Gasteiger partial charge in [-0.25, -0.2) is 4.90 Å². The van der Waals surface area contributed by atoms with Crippen LogP contribution < -0.4 is 4.90 Å². The van der Waals surface area contributed by atoms with Crippen LogP contribution in [0.5, 0.6) is 0 Å². The van der Waals surface area contributed by atoms with Crippen LogP contribution in [0.3, 0.4) is 0 Å². The fourth-order valence-electron chi connectivity index (χ4n) is 2.92. The predicted molar refractivity (Wildman–Crippen MR) is 112 cm³/mol. The van der Waals surface area contributed by atoms with Gasteiger partial charge in [-0.15, -0.1) is 11.8 Å². The lowest BCUT2D eigenvalue weighted by Gasteiger charge is -2.17. The summed E-state index contributed by atoms with van der Waals surface area (Å²) in [5.41, 5.74) is 1.29. The van der Waals surface area contributed by atoms with E-state index in [1.165, 1.54) is 17.8 Å². The van der Waals surface area contributed by atoms with Gasteiger partial charge in [-0.3, -0.25) is 9.59 Å². The molecule has 140 valence electrons. The van der Waals surface area contributed by atoms with Gasteiger partial charge >= 0.3 is 0 Å². The first-order chi connectivity index (χ1) is 13.6. The summed E-state index contributed by atoms with van der Waals surface area (Å²) in [5.74, 6) is 0.283. The minimum Gasteiger partial charge on any atom is -0.468 e. The lowest BCUT2D eigenvalue weighted by molar-refractivity contribution is -0.119. The number of carbonyl (C=O) groups is 2. The Morgan fingerprint density at radius 3 is 2.43 bits per heavy atom. The van der Waals surface area contributed by atoms with Crippen LogP contribution in [0.15, 0.2) is 76.2 Å². The summed E-state index contributed by atoms with van der Waals surface area (Å²) in [6, 6.07) is 17.4. The van der Waals surface area contributed by atoms with E-state index in [1.54, 1.807) is 36.6 Å². The number of benzene rings is 2. The average Bonchev–Trinajstić information content (AvgIpc) is 3.29. The Labute approximate surface area is 175 Å². The smallest absolute Gasteiger partial charge is 0.272 e. The molecule has 0 saturated carbocycles. The van der Waals surface area contributed by atoms with Crippen molar-refractivity contribution in [2.24, 2.45) is 0 Å². The highest BCUT2D eigenvalue weighted by Crippen LogP contribution is 2.41. The molecule has 0 aliphatic carbocycles. The number of carbonyl (C=O) groups excluding carboxylic acids is 2. The van der Waals surface area contributed by atoms with Gasteiger partial charge < -0.3 is 4.42 Å². The molecule has 2 amide bonds. The molecule has 0 radical (unpaired) electrons. The molecule has 0 bridgehead atoms. The summed E-state index contributed by atoms with van der Waals surface area (Å²) in [6.07, 6.45) is 1.57. The Bertz CT molecular complexity index is 1080. The van der Waals surface area contributed by atoms with Gasteiger partial charge in [-0.05, 0) is 35.9 Å².